The van der Waals surface area contributed by atoms with E-state index in [0.717, 1.165) is 6.42 Å². The van der Waals surface area contributed by atoms with Gasteiger partial charge in [-0.2, -0.15) is 0 Å². The van der Waals surface area contributed by atoms with Crippen molar-refractivity contribution in [1.82, 2.24) is 0 Å². The lowest BCUT2D eigenvalue weighted by atomic mass is 10.2. The molecule has 0 radical (unpaired) electrons. The number of hydrogen-bond donors (Lipinski definition) is 0. The number of carbonyl (C=O) groups is 2. The summed E-state index contributed by atoms with van der Waals surface area (Å²) in [5.41, 5.74) is 0.278. The second-order valence-corrected chi connectivity index (χ2v) is 6.61. The van der Waals surface area contributed by atoms with Gasteiger partial charge in [0.15, 0.2) is 6.61 Å². The highest BCUT2D eigenvalue weighted by atomic mass is 16.6. The molecule has 1 heterocycles. The minimum atomic E-state index is -0.542. The topological polar surface area (TPSA) is 101 Å². The molecule has 2 aromatic carbocycles. The van der Waals surface area contributed by atoms with Crippen LogP contribution in [0.3, 0.4) is 0 Å². The van der Waals surface area contributed by atoms with Crippen molar-refractivity contribution < 1.29 is 33.0 Å². The van der Waals surface area contributed by atoms with Crippen LogP contribution in [0.2, 0.25) is 0 Å². The number of benzene rings is 2. The maximum Gasteiger partial charge on any atom is 0.344 e. The van der Waals surface area contributed by atoms with Crippen LogP contribution in [0.1, 0.15) is 23.7 Å². The lowest BCUT2D eigenvalue weighted by molar-refractivity contribution is -0.144. The van der Waals surface area contributed by atoms with E-state index >= 15 is 0 Å². The van der Waals surface area contributed by atoms with Crippen LogP contribution >= 0.6 is 0 Å². The van der Waals surface area contributed by atoms with E-state index in [1.54, 1.807) is 30.3 Å². The van der Waals surface area contributed by atoms with Crippen LogP contribution in [0.25, 0.3) is 11.0 Å². The molecule has 0 fully saturated rings. The summed E-state index contributed by atoms with van der Waals surface area (Å²) in [7, 11) is 0. The van der Waals surface area contributed by atoms with E-state index in [2.05, 4.69) is 6.58 Å². The molecule has 8 heteroatoms. The molecular formula is C24H22O8. The van der Waals surface area contributed by atoms with Gasteiger partial charge in [0.2, 0.25) is 11.2 Å². The monoisotopic (exact) mass is 438 g/mol. The predicted molar refractivity (Wildman–Crippen MR) is 116 cm³/mol. The molecular weight excluding hydrogens is 416 g/mol. The number of esters is 2. The van der Waals surface area contributed by atoms with Crippen LogP contribution in [0.5, 0.6) is 17.2 Å². The SMILES string of the molecule is C=CCOC(=O)COc1ccc2c(=O)c(Oc3ccc(C(=O)OCCC)cc3)coc2c1. The fourth-order valence-electron chi connectivity index (χ4n) is 2.65. The highest BCUT2D eigenvalue weighted by molar-refractivity contribution is 5.89. The zero-order valence-electron chi connectivity index (χ0n) is 17.5. The van der Waals surface area contributed by atoms with Crippen LogP contribution in [-0.2, 0) is 14.3 Å². The van der Waals surface area contributed by atoms with Gasteiger partial charge in [-0.3, -0.25) is 4.79 Å². The summed E-state index contributed by atoms with van der Waals surface area (Å²) in [6, 6.07) is 10.8. The molecule has 0 N–H and O–H groups in total. The smallest absolute Gasteiger partial charge is 0.344 e. The quantitative estimate of drug-likeness (QED) is 0.342. The van der Waals surface area contributed by atoms with Crippen LogP contribution in [-0.4, -0.2) is 31.8 Å². The molecule has 1 aromatic heterocycles. The van der Waals surface area contributed by atoms with Gasteiger partial charge in [-0.1, -0.05) is 19.6 Å². The average Bonchev–Trinajstić information content (AvgIpc) is 2.82. The molecule has 3 aromatic rings. The number of fused-ring (bicyclic) bond motifs is 1. The molecule has 8 nitrogen and oxygen atoms in total. The minimum absolute atomic E-state index is 0.0134. The maximum atomic E-state index is 12.7. The molecule has 0 saturated heterocycles. The Kier molecular flexibility index (Phi) is 7.64. The summed E-state index contributed by atoms with van der Waals surface area (Å²) >= 11 is 0. The standard InChI is InChI=1S/C24H22O8/c1-3-11-28-22(25)15-30-18-9-10-19-20(13-18)31-14-21(23(19)26)32-17-7-5-16(6-8-17)24(27)29-12-4-2/h3,5-10,13-14H,1,4,11-12,15H2,2H3. The Bertz CT molecular complexity index is 1160. The Morgan fingerprint density at radius 3 is 2.53 bits per heavy atom. The lowest BCUT2D eigenvalue weighted by Gasteiger charge is -2.08. The summed E-state index contributed by atoms with van der Waals surface area (Å²) in [5, 5.41) is 0.281. The van der Waals surface area contributed by atoms with E-state index < -0.39 is 11.9 Å². The molecule has 0 amide bonds. The fraction of sp³-hybridized carbons (Fsp3) is 0.208. The van der Waals surface area contributed by atoms with E-state index in [-0.39, 0.29) is 35.4 Å². The summed E-state index contributed by atoms with van der Waals surface area (Å²) in [6.45, 7) is 5.53. The summed E-state index contributed by atoms with van der Waals surface area (Å²) in [6.07, 6.45) is 3.38. The Labute approximate surface area is 184 Å². The Morgan fingerprint density at radius 1 is 1.06 bits per heavy atom. The van der Waals surface area contributed by atoms with Gasteiger partial charge in [-0.05, 0) is 42.8 Å². The minimum Gasteiger partial charge on any atom is -0.482 e. The van der Waals surface area contributed by atoms with Gasteiger partial charge in [-0.25, -0.2) is 9.59 Å². The van der Waals surface area contributed by atoms with E-state index in [1.165, 1.54) is 24.5 Å². The summed E-state index contributed by atoms with van der Waals surface area (Å²) in [5.74, 6) is -0.270. The van der Waals surface area contributed by atoms with Crippen LogP contribution in [0, 0.1) is 0 Å². The summed E-state index contributed by atoms with van der Waals surface area (Å²) in [4.78, 5) is 36.1. The summed E-state index contributed by atoms with van der Waals surface area (Å²) < 4.78 is 26.4. The number of hydrogen-bond acceptors (Lipinski definition) is 8. The van der Waals surface area contributed by atoms with Crippen molar-refractivity contribution in [2.45, 2.75) is 13.3 Å². The average molecular weight is 438 g/mol. The van der Waals surface area contributed by atoms with Crippen molar-refractivity contribution >= 4 is 22.9 Å². The zero-order chi connectivity index (χ0) is 22.9. The third-order valence-corrected chi connectivity index (χ3v) is 4.19. The number of carbonyl (C=O) groups excluding carboxylic acids is 2. The Balaban J connectivity index is 1.70. The third kappa shape index (κ3) is 5.75. The molecule has 0 aliphatic carbocycles. The zero-order valence-corrected chi connectivity index (χ0v) is 17.5. The third-order valence-electron chi connectivity index (χ3n) is 4.19. The van der Waals surface area contributed by atoms with Gasteiger partial charge in [0.05, 0.1) is 17.6 Å². The van der Waals surface area contributed by atoms with Crippen molar-refractivity contribution in [2.75, 3.05) is 19.8 Å². The fourth-order valence-corrected chi connectivity index (χ4v) is 2.65. The van der Waals surface area contributed by atoms with Crippen molar-refractivity contribution in [3.05, 3.63) is 77.2 Å². The second kappa shape index (κ2) is 10.8. The molecule has 0 aliphatic rings. The van der Waals surface area contributed by atoms with Crippen LogP contribution in [0.4, 0.5) is 0 Å². The lowest BCUT2D eigenvalue weighted by Crippen LogP contribution is -2.14. The molecule has 0 bridgehead atoms. The molecule has 32 heavy (non-hydrogen) atoms. The van der Waals surface area contributed by atoms with Gasteiger partial charge in [-0.15, -0.1) is 0 Å². The molecule has 0 unspecified atom stereocenters. The van der Waals surface area contributed by atoms with Crippen molar-refractivity contribution in [1.29, 1.82) is 0 Å². The molecule has 0 saturated carbocycles. The van der Waals surface area contributed by atoms with Gasteiger partial charge < -0.3 is 23.4 Å². The first-order valence-electron chi connectivity index (χ1n) is 9.91. The Hall–Kier alpha value is -4.07. The van der Waals surface area contributed by atoms with Crippen molar-refractivity contribution in [3.8, 4) is 17.2 Å². The molecule has 0 spiro atoms. The first-order valence-corrected chi connectivity index (χ1v) is 9.91. The van der Waals surface area contributed by atoms with Crippen molar-refractivity contribution in [2.24, 2.45) is 0 Å². The molecule has 3 rings (SSSR count). The maximum absolute atomic E-state index is 12.7. The normalized spacial score (nSPS) is 10.4. The second-order valence-electron chi connectivity index (χ2n) is 6.61. The molecule has 166 valence electrons. The van der Waals surface area contributed by atoms with Crippen LogP contribution in [0.15, 0.2) is 70.6 Å². The highest BCUT2D eigenvalue weighted by Gasteiger charge is 2.12. The number of ether oxygens (including phenoxy) is 4. The van der Waals surface area contributed by atoms with Gasteiger partial charge in [0.25, 0.3) is 0 Å². The van der Waals surface area contributed by atoms with E-state index in [1.807, 2.05) is 6.92 Å². The van der Waals surface area contributed by atoms with E-state index in [9.17, 15) is 14.4 Å². The van der Waals surface area contributed by atoms with E-state index in [4.69, 9.17) is 23.4 Å². The first kappa shape index (κ1) is 22.6. The first-order chi connectivity index (χ1) is 15.5. The largest absolute Gasteiger partial charge is 0.482 e. The highest BCUT2D eigenvalue weighted by Crippen LogP contribution is 2.24. The molecule has 0 atom stereocenters. The van der Waals surface area contributed by atoms with E-state index in [0.29, 0.717) is 23.7 Å². The number of rotatable bonds is 10. The van der Waals surface area contributed by atoms with Crippen LogP contribution < -0.4 is 14.9 Å². The van der Waals surface area contributed by atoms with Gasteiger partial charge >= 0.3 is 11.9 Å². The van der Waals surface area contributed by atoms with Gasteiger partial charge in [0.1, 0.15) is 30.0 Å². The predicted octanol–water partition coefficient (Wildman–Crippen LogP) is 4.26. The molecule has 0 aliphatic heterocycles. The van der Waals surface area contributed by atoms with Crippen molar-refractivity contribution in [3.63, 3.8) is 0 Å². The Morgan fingerprint density at radius 2 is 1.81 bits per heavy atom. The van der Waals surface area contributed by atoms with Gasteiger partial charge in [0, 0.05) is 6.07 Å².